The first-order valence-electron chi connectivity index (χ1n) is 11.1. The zero-order chi connectivity index (χ0) is 18.3. The maximum absolute atomic E-state index is 3.02. The van der Waals surface area contributed by atoms with Gasteiger partial charge in [-0.25, -0.2) is 0 Å². The van der Waals surface area contributed by atoms with Crippen molar-refractivity contribution in [2.24, 2.45) is 0 Å². The van der Waals surface area contributed by atoms with Gasteiger partial charge in [0.2, 0.25) is 0 Å². The molecule has 1 rings (SSSR count). The molecule has 152 valence electrons. The molecule has 0 amide bonds. The van der Waals surface area contributed by atoms with Gasteiger partial charge in [-0.3, -0.25) is 0 Å². The van der Waals surface area contributed by atoms with Crippen LogP contribution >= 0.6 is 26.2 Å². The highest BCUT2D eigenvalue weighted by Crippen LogP contribution is 2.23. The third-order valence-corrected chi connectivity index (χ3v) is 5.97. The standard InChI is InChI=1S/C24H43P.BrH/c1-4-7-10-13-16-21-19-20-24(25)23(18-15-12-9-6-3)22(21)17-14-11-8-5-2;/h19-20H,4-18,25H2,1-3H3;1H. The lowest BCUT2D eigenvalue weighted by Gasteiger charge is -2.18. The number of unbranched alkanes of at least 4 members (excludes halogenated alkanes) is 9. The minimum Gasteiger partial charge on any atom is -0.114 e. The summed E-state index contributed by atoms with van der Waals surface area (Å²) in [6, 6.07) is 4.80. The van der Waals surface area contributed by atoms with Crippen LogP contribution in [0.1, 0.15) is 115 Å². The highest BCUT2D eigenvalue weighted by Gasteiger charge is 2.11. The molecular weight excluding hydrogens is 399 g/mol. The van der Waals surface area contributed by atoms with E-state index in [9.17, 15) is 0 Å². The van der Waals surface area contributed by atoms with Crippen LogP contribution in [0, 0.1) is 0 Å². The molecule has 0 aromatic heterocycles. The Morgan fingerprint density at radius 3 is 1.54 bits per heavy atom. The van der Waals surface area contributed by atoms with Gasteiger partial charge in [-0.1, -0.05) is 90.7 Å². The summed E-state index contributed by atoms with van der Waals surface area (Å²) in [7, 11) is 3.02. The van der Waals surface area contributed by atoms with Crippen molar-refractivity contribution in [1.82, 2.24) is 0 Å². The molecule has 0 bridgehead atoms. The quantitative estimate of drug-likeness (QED) is 0.190. The Kier molecular flexibility index (Phi) is 17.3. The van der Waals surface area contributed by atoms with Gasteiger partial charge in [-0.15, -0.1) is 26.2 Å². The number of aryl methyl sites for hydroxylation is 1. The van der Waals surface area contributed by atoms with E-state index in [0.717, 1.165) is 0 Å². The number of benzene rings is 1. The fourth-order valence-corrected chi connectivity index (χ4v) is 4.21. The predicted octanol–water partition coefficient (Wildman–Crippen LogP) is 8.13. The van der Waals surface area contributed by atoms with Crippen molar-refractivity contribution in [3.05, 3.63) is 28.8 Å². The predicted molar refractivity (Wildman–Crippen MR) is 130 cm³/mol. The Hall–Kier alpha value is 0.130. The summed E-state index contributed by atoms with van der Waals surface area (Å²) in [6.45, 7) is 6.91. The van der Waals surface area contributed by atoms with E-state index in [1.165, 1.54) is 102 Å². The lowest BCUT2D eigenvalue weighted by Crippen LogP contribution is -2.11. The summed E-state index contributed by atoms with van der Waals surface area (Å²) >= 11 is 0. The first-order valence-corrected chi connectivity index (χ1v) is 11.7. The van der Waals surface area contributed by atoms with Gasteiger partial charge in [0.15, 0.2) is 0 Å². The van der Waals surface area contributed by atoms with Gasteiger partial charge in [0.25, 0.3) is 0 Å². The van der Waals surface area contributed by atoms with Gasteiger partial charge >= 0.3 is 0 Å². The summed E-state index contributed by atoms with van der Waals surface area (Å²) in [5, 5.41) is 1.46. The average molecular weight is 443 g/mol. The third-order valence-electron chi connectivity index (χ3n) is 5.42. The molecule has 0 aliphatic carbocycles. The van der Waals surface area contributed by atoms with Crippen LogP contribution in [-0.2, 0) is 19.3 Å². The second kappa shape index (κ2) is 17.2. The molecule has 0 heterocycles. The first kappa shape index (κ1) is 26.1. The molecule has 1 atom stereocenters. The molecule has 0 saturated heterocycles. The van der Waals surface area contributed by atoms with Crippen LogP contribution in [0.3, 0.4) is 0 Å². The summed E-state index contributed by atoms with van der Waals surface area (Å²) in [6.07, 6.45) is 20.3. The molecule has 0 saturated carbocycles. The molecular formula is C24H44BrP. The Labute approximate surface area is 177 Å². The number of rotatable bonds is 15. The summed E-state index contributed by atoms with van der Waals surface area (Å²) in [5.41, 5.74) is 5.05. The molecule has 1 unspecified atom stereocenters. The lowest BCUT2D eigenvalue weighted by atomic mass is 9.90. The highest BCUT2D eigenvalue weighted by atomic mass is 79.9. The van der Waals surface area contributed by atoms with Crippen LogP contribution < -0.4 is 5.30 Å². The molecule has 26 heavy (non-hydrogen) atoms. The molecule has 1 aromatic rings. The van der Waals surface area contributed by atoms with Gasteiger partial charge < -0.3 is 0 Å². The van der Waals surface area contributed by atoms with Crippen LogP contribution in [0.2, 0.25) is 0 Å². The number of hydrogen-bond donors (Lipinski definition) is 0. The molecule has 0 aliphatic heterocycles. The Balaban J connectivity index is 0.00000625. The lowest BCUT2D eigenvalue weighted by molar-refractivity contribution is 0.640. The van der Waals surface area contributed by atoms with E-state index in [1.54, 1.807) is 16.7 Å². The van der Waals surface area contributed by atoms with Crippen molar-refractivity contribution in [2.45, 2.75) is 117 Å². The molecule has 0 aliphatic rings. The molecule has 2 heteroatoms. The molecule has 0 radical (unpaired) electrons. The monoisotopic (exact) mass is 442 g/mol. The van der Waals surface area contributed by atoms with Crippen molar-refractivity contribution in [2.75, 3.05) is 0 Å². The number of halogens is 1. The van der Waals surface area contributed by atoms with E-state index in [-0.39, 0.29) is 17.0 Å². The summed E-state index contributed by atoms with van der Waals surface area (Å²) in [5.74, 6) is 0. The van der Waals surface area contributed by atoms with E-state index in [1.807, 2.05) is 0 Å². The molecule has 0 fully saturated rings. The van der Waals surface area contributed by atoms with Crippen LogP contribution in [0.4, 0.5) is 0 Å². The van der Waals surface area contributed by atoms with Crippen molar-refractivity contribution >= 4 is 31.5 Å². The minimum absolute atomic E-state index is 0. The maximum atomic E-state index is 3.02. The van der Waals surface area contributed by atoms with Gasteiger partial charge in [0, 0.05) is 0 Å². The Morgan fingerprint density at radius 1 is 0.577 bits per heavy atom. The molecule has 0 N–H and O–H groups in total. The van der Waals surface area contributed by atoms with Crippen LogP contribution in [0.25, 0.3) is 0 Å². The van der Waals surface area contributed by atoms with Crippen LogP contribution in [0.15, 0.2) is 12.1 Å². The smallest absolute Gasteiger partial charge is 0.0268 e. The van der Waals surface area contributed by atoms with E-state index in [0.29, 0.717) is 0 Å². The SMILES string of the molecule is Br.CCCCCCc1ccc(P)c(CCCCCC)c1CCCCCC. The van der Waals surface area contributed by atoms with Gasteiger partial charge in [0.05, 0.1) is 0 Å². The molecule has 0 nitrogen and oxygen atoms in total. The second-order valence-corrected chi connectivity index (χ2v) is 8.33. The topological polar surface area (TPSA) is 0 Å². The number of hydrogen-bond acceptors (Lipinski definition) is 0. The van der Waals surface area contributed by atoms with Crippen LogP contribution in [-0.4, -0.2) is 0 Å². The zero-order valence-electron chi connectivity index (χ0n) is 17.7. The van der Waals surface area contributed by atoms with Crippen molar-refractivity contribution < 1.29 is 0 Å². The van der Waals surface area contributed by atoms with E-state index >= 15 is 0 Å². The van der Waals surface area contributed by atoms with Crippen molar-refractivity contribution in [3.63, 3.8) is 0 Å². The van der Waals surface area contributed by atoms with E-state index in [4.69, 9.17) is 0 Å². The van der Waals surface area contributed by atoms with Crippen molar-refractivity contribution in [1.29, 1.82) is 0 Å². The second-order valence-electron chi connectivity index (χ2n) is 7.70. The van der Waals surface area contributed by atoms with E-state index < -0.39 is 0 Å². The Bertz CT molecular complexity index is 456. The fraction of sp³-hybridized carbons (Fsp3) is 0.750. The average Bonchev–Trinajstić information content (AvgIpc) is 2.62. The summed E-state index contributed by atoms with van der Waals surface area (Å²) < 4.78 is 0. The summed E-state index contributed by atoms with van der Waals surface area (Å²) in [4.78, 5) is 0. The largest absolute Gasteiger partial charge is 0.114 e. The third kappa shape index (κ3) is 10.5. The fourth-order valence-electron chi connectivity index (χ4n) is 3.80. The minimum atomic E-state index is 0. The van der Waals surface area contributed by atoms with Crippen molar-refractivity contribution in [3.8, 4) is 0 Å². The molecule has 1 aromatic carbocycles. The van der Waals surface area contributed by atoms with Gasteiger partial charge in [-0.05, 0) is 60.5 Å². The van der Waals surface area contributed by atoms with E-state index in [2.05, 4.69) is 42.1 Å². The normalized spacial score (nSPS) is 10.8. The Morgan fingerprint density at radius 2 is 1.04 bits per heavy atom. The molecule has 0 spiro atoms. The maximum Gasteiger partial charge on any atom is -0.0268 e. The zero-order valence-corrected chi connectivity index (χ0v) is 20.6. The first-order chi connectivity index (χ1) is 12.2. The highest BCUT2D eigenvalue weighted by molar-refractivity contribution is 8.93. The van der Waals surface area contributed by atoms with Gasteiger partial charge in [-0.2, -0.15) is 0 Å². The van der Waals surface area contributed by atoms with Gasteiger partial charge in [0.1, 0.15) is 0 Å². The van der Waals surface area contributed by atoms with Crippen LogP contribution in [0.5, 0.6) is 0 Å².